The van der Waals surface area contributed by atoms with Crippen LogP contribution in [0, 0.1) is 0 Å². The van der Waals surface area contributed by atoms with E-state index in [0.717, 1.165) is 17.7 Å². The molecule has 32 heavy (non-hydrogen) atoms. The second-order valence-electron chi connectivity index (χ2n) is 7.58. The molecular weight excluding hydrogens is 419 g/mol. The van der Waals surface area contributed by atoms with Crippen LogP contribution in [0.3, 0.4) is 0 Å². The molecule has 0 unspecified atom stereocenters. The minimum absolute atomic E-state index is 0.123. The molecular formula is C22H22F3N7. The quantitative estimate of drug-likeness (QED) is 0.418. The highest BCUT2D eigenvalue weighted by Crippen LogP contribution is 2.30. The van der Waals surface area contributed by atoms with Gasteiger partial charge in [-0.3, -0.25) is 4.98 Å². The molecule has 0 saturated carbocycles. The number of nitrogens with zero attached hydrogens (tertiary/aromatic N) is 5. The number of anilines is 2. The highest BCUT2D eigenvalue weighted by Gasteiger charge is 2.30. The van der Waals surface area contributed by atoms with Gasteiger partial charge in [0.15, 0.2) is 17.0 Å². The summed E-state index contributed by atoms with van der Waals surface area (Å²) in [5, 5.41) is 6.31. The molecule has 0 aliphatic rings. The highest BCUT2D eigenvalue weighted by molar-refractivity contribution is 5.84. The molecule has 0 radical (unpaired) electrons. The Morgan fingerprint density at radius 2 is 1.78 bits per heavy atom. The van der Waals surface area contributed by atoms with Crippen LogP contribution in [-0.4, -0.2) is 24.5 Å². The first-order valence-electron chi connectivity index (χ1n) is 10.1. The zero-order valence-electron chi connectivity index (χ0n) is 17.6. The smallest absolute Gasteiger partial charge is 0.364 e. The Balaban J connectivity index is 1.62. The molecule has 3 aromatic heterocycles. The van der Waals surface area contributed by atoms with Crippen LogP contribution in [0.25, 0.3) is 11.2 Å². The van der Waals surface area contributed by atoms with Crippen LogP contribution < -0.4 is 10.6 Å². The number of alkyl halides is 3. The van der Waals surface area contributed by atoms with Gasteiger partial charge >= 0.3 is 6.18 Å². The molecule has 0 fully saturated rings. The van der Waals surface area contributed by atoms with Crippen molar-refractivity contribution in [2.24, 2.45) is 0 Å². The van der Waals surface area contributed by atoms with Crippen molar-refractivity contribution >= 4 is 22.9 Å². The first-order chi connectivity index (χ1) is 15.3. The predicted molar refractivity (Wildman–Crippen MR) is 116 cm³/mol. The van der Waals surface area contributed by atoms with Crippen molar-refractivity contribution in [3.8, 4) is 0 Å². The average molecular weight is 441 g/mol. The fourth-order valence-electron chi connectivity index (χ4n) is 3.22. The molecule has 1 aromatic carbocycles. The zero-order chi connectivity index (χ0) is 22.7. The number of imidazole rings is 1. The maximum Gasteiger partial charge on any atom is 0.416 e. The van der Waals surface area contributed by atoms with E-state index in [1.807, 2.05) is 30.5 Å². The summed E-state index contributed by atoms with van der Waals surface area (Å²) < 4.78 is 41.0. The Morgan fingerprint density at radius 1 is 1.00 bits per heavy atom. The van der Waals surface area contributed by atoms with E-state index in [2.05, 4.69) is 30.6 Å². The first kappa shape index (κ1) is 21.5. The summed E-state index contributed by atoms with van der Waals surface area (Å²) in [7, 11) is 0. The number of nitrogens with one attached hydrogen (secondary N) is 2. The fraction of sp³-hybridized carbons (Fsp3) is 0.273. The summed E-state index contributed by atoms with van der Waals surface area (Å²) in [6, 6.07) is 9.10. The van der Waals surface area contributed by atoms with E-state index in [-0.39, 0.29) is 12.6 Å². The molecule has 4 rings (SSSR count). The normalized spacial score (nSPS) is 11.8. The maximum atomic E-state index is 13.0. The Hall–Kier alpha value is -3.69. The molecule has 0 atom stereocenters. The SMILES string of the molecule is CC(C)n1cnc2c(NCc3cccc(C(F)(F)F)c3)nc(NCc3cccnc3)nc21. The van der Waals surface area contributed by atoms with Crippen molar-refractivity contribution in [2.75, 3.05) is 10.6 Å². The molecule has 0 aliphatic heterocycles. The second kappa shape index (κ2) is 8.81. The van der Waals surface area contributed by atoms with E-state index in [9.17, 15) is 13.2 Å². The molecule has 166 valence electrons. The van der Waals surface area contributed by atoms with Gasteiger partial charge < -0.3 is 15.2 Å². The van der Waals surface area contributed by atoms with Gasteiger partial charge in [-0.1, -0.05) is 18.2 Å². The van der Waals surface area contributed by atoms with Crippen molar-refractivity contribution in [3.63, 3.8) is 0 Å². The fourth-order valence-corrected chi connectivity index (χ4v) is 3.22. The van der Waals surface area contributed by atoms with Crippen molar-refractivity contribution < 1.29 is 13.2 Å². The number of pyridine rings is 1. The summed E-state index contributed by atoms with van der Waals surface area (Å²) in [5.41, 5.74) is 1.95. The monoisotopic (exact) mass is 441 g/mol. The van der Waals surface area contributed by atoms with E-state index >= 15 is 0 Å². The third-order valence-corrected chi connectivity index (χ3v) is 4.87. The van der Waals surface area contributed by atoms with Gasteiger partial charge in [-0.05, 0) is 43.2 Å². The van der Waals surface area contributed by atoms with Crippen LogP contribution in [0.5, 0.6) is 0 Å². The molecule has 0 bridgehead atoms. The molecule has 4 aromatic rings. The van der Waals surface area contributed by atoms with Gasteiger partial charge in [0, 0.05) is 31.5 Å². The van der Waals surface area contributed by atoms with Gasteiger partial charge in [-0.25, -0.2) is 4.98 Å². The number of fused-ring (bicyclic) bond motifs is 1. The summed E-state index contributed by atoms with van der Waals surface area (Å²) in [5.74, 6) is 0.829. The van der Waals surface area contributed by atoms with Crippen molar-refractivity contribution in [1.29, 1.82) is 0 Å². The van der Waals surface area contributed by atoms with Crippen molar-refractivity contribution in [3.05, 3.63) is 71.8 Å². The molecule has 3 heterocycles. The Bertz CT molecular complexity index is 1200. The third kappa shape index (κ3) is 4.79. The number of aromatic nitrogens is 5. The molecule has 2 N–H and O–H groups in total. The average Bonchev–Trinajstić information content (AvgIpc) is 3.21. The van der Waals surface area contributed by atoms with E-state index in [1.165, 1.54) is 6.07 Å². The van der Waals surface area contributed by atoms with Gasteiger partial charge in [-0.15, -0.1) is 0 Å². The van der Waals surface area contributed by atoms with Crippen LogP contribution in [0.4, 0.5) is 24.9 Å². The Morgan fingerprint density at radius 3 is 2.50 bits per heavy atom. The van der Waals surface area contributed by atoms with Crippen LogP contribution in [-0.2, 0) is 19.3 Å². The van der Waals surface area contributed by atoms with Crippen LogP contribution in [0.15, 0.2) is 55.1 Å². The Kier molecular flexibility index (Phi) is 5.93. The first-order valence-corrected chi connectivity index (χ1v) is 10.1. The highest BCUT2D eigenvalue weighted by atomic mass is 19.4. The largest absolute Gasteiger partial charge is 0.416 e. The van der Waals surface area contributed by atoms with Crippen molar-refractivity contribution in [1.82, 2.24) is 24.5 Å². The maximum absolute atomic E-state index is 13.0. The van der Waals surface area contributed by atoms with Crippen LogP contribution >= 0.6 is 0 Å². The molecule has 0 amide bonds. The third-order valence-electron chi connectivity index (χ3n) is 4.87. The molecule has 0 aliphatic carbocycles. The van der Waals surface area contributed by atoms with Crippen LogP contribution in [0.1, 0.15) is 36.6 Å². The summed E-state index contributed by atoms with van der Waals surface area (Å²) >= 11 is 0. The number of halogens is 3. The van der Waals surface area contributed by atoms with E-state index < -0.39 is 11.7 Å². The minimum atomic E-state index is -4.39. The van der Waals surface area contributed by atoms with Crippen LogP contribution in [0.2, 0.25) is 0 Å². The molecule has 0 spiro atoms. The van der Waals surface area contributed by atoms with Crippen molar-refractivity contribution in [2.45, 2.75) is 39.2 Å². The van der Waals surface area contributed by atoms with Gasteiger partial charge in [0.1, 0.15) is 0 Å². The molecule has 10 heteroatoms. The summed E-state index contributed by atoms with van der Waals surface area (Å²) in [6.45, 7) is 4.66. The Labute approximate surface area is 182 Å². The standard InChI is InChI=1S/C22H22F3N7/c1-14(2)32-13-29-18-19(27-11-15-5-3-7-17(9-15)22(23,24)25)30-21(31-20(18)32)28-12-16-6-4-8-26-10-16/h3-10,13-14H,11-12H2,1-2H3,(H2,27,28,30,31). The van der Waals surface area contributed by atoms with E-state index in [4.69, 9.17) is 0 Å². The number of hydrogen-bond acceptors (Lipinski definition) is 6. The van der Waals surface area contributed by atoms with Gasteiger partial charge in [0.25, 0.3) is 0 Å². The van der Waals surface area contributed by atoms with Gasteiger partial charge in [0.2, 0.25) is 5.95 Å². The zero-order valence-corrected chi connectivity index (χ0v) is 17.6. The molecule has 0 saturated heterocycles. The number of hydrogen-bond donors (Lipinski definition) is 2. The summed E-state index contributed by atoms with van der Waals surface area (Å²) in [4.78, 5) is 17.6. The number of benzene rings is 1. The molecule has 7 nitrogen and oxygen atoms in total. The van der Waals surface area contributed by atoms with Gasteiger partial charge in [0.05, 0.1) is 11.9 Å². The predicted octanol–water partition coefficient (Wildman–Crippen LogP) is 5.05. The lowest BCUT2D eigenvalue weighted by molar-refractivity contribution is -0.137. The van der Waals surface area contributed by atoms with E-state index in [0.29, 0.717) is 35.0 Å². The number of rotatable bonds is 7. The van der Waals surface area contributed by atoms with Gasteiger partial charge in [-0.2, -0.15) is 23.1 Å². The topological polar surface area (TPSA) is 80.5 Å². The lowest BCUT2D eigenvalue weighted by Gasteiger charge is -2.13. The summed E-state index contributed by atoms with van der Waals surface area (Å²) in [6.07, 6.45) is 0.738. The van der Waals surface area contributed by atoms with E-state index in [1.54, 1.807) is 24.8 Å². The lowest BCUT2D eigenvalue weighted by atomic mass is 10.1. The second-order valence-corrected chi connectivity index (χ2v) is 7.58. The minimum Gasteiger partial charge on any atom is -0.364 e. The lowest BCUT2D eigenvalue weighted by Crippen LogP contribution is -2.10.